The first-order chi connectivity index (χ1) is 15.7. The Hall–Kier alpha value is -3.19. The highest BCUT2D eigenvalue weighted by atomic mass is 16.1. The minimum absolute atomic E-state index is 0.0945. The molecular weight excluding hydrogens is 400 g/mol. The monoisotopic (exact) mass is 430 g/mol. The van der Waals surface area contributed by atoms with Crippen LogP contribution < -0.4 is 5.32 Å². The van der Waals surface area contributed by atoms with Crippen molar-refractivity contribution in [3.63, 3.8) is 0 Å². The molecule has 3 aromatic rings. The quantitative estimate of drug-likeness (QED) is 0.592. The standard InChI is InChI=1S/C25H30N6O/c1-19-29-18-23(25(32)28-12-6-20-4-2-10-26-16-20)24(30-19)22-8-14-31(15-9-22)13-7-21-5-3-11-27-17-21/h2-5,10-11,16-18,22H,6-9,12-15H2,1H3,(H,28,32). The molecule has 0 unspecified atom stereocenters. The van der Waals surface area contributed by atoms with Crippen LogP contribution in [0.4, 0.5) is 0 Å². The summed E-state index contributed by atoms with van der Waals surface area (Å²) >= 11 is 0. The van der Waals surface area contributed by atoms with E-state index in [2.05, 4.69) is 31.2 Å². The number of likely N-dealkylation sites (tertiary alicyclic amines) is 1. The van der Waals surface area contributed by atoms with E-state index in [9.17, 15) is 4.79 Å². The number of rotatable bonds is 8. The zero-order chi connectivity index (χ0) is 22.2. The second-order valence-electron chi connectivity index (χ2n) is 8.31. The number of piperidine rings is 1. The van der Waals surface area contributed by atoms with Gasteiger partial charge >= 0.3 is 0 Å². The van der Waals surface area contributed by atoms with Crippen LogP contribution in [0, 0.1) is 6.92 Å². The van der Waals surface area contributed by atoms with Crippen molar-refractivity contribution in [1.29, 1.82) is 0 Å². The van der Waals surface area contributed by atoms with E-state index in [1.807, 2.05) is 43.7 Å². The topological polar surface area (TPSA) is 83.9 Å². The average molecular weight is 431 g/mol. The normalized spacial score (nSPS) is 14.9. The lowest BCUT2D eigenvalue weighted by molar-refractivity contribution is 0.0950. The van der Waals surface area contributed by atoms with Gasteiger partial charge in [-0.05, 0) is 69.0 Å². The van der Waals surface area contributed by atoms with E-state index < -0.39 is 0 Å². The minimum Gasteiger partial charge on any atom is -0.352 e. The number of aryl methyl sites for hydroxylation is 1. The maximum Gasteiger partial charge on any atom is 0.254 e. The molecule has 166 valence electrons. The van der Waals surface area contributed by atoms with Crippen molar-refractivity contribution in [1.82, 2.24) is 30.2 Å². The Morgan fingerprint density at radius 3 is 2.38 bits per heavy atom. The van der Waals surface area contributed by atoms with Gasteiger partial charge in [-0.15, -0.1) is 0 Å². The van der Waals surface area contributed by atoms with Crippen LogP contribution in [0.1, 0.15) is 51.8 Å². The highest BCUT2D eigenvalue weighted by Gasteiger charge is 2.26. The van der Waals surface area contributed by atoms with Crippen LogP contribution in [0.5, 0.6) is 0 Å². The molecule has 7 nitrogen and oxygen atoms in total. The Morgan fingerprint density at radius 1 is 1.03 bits per heavy atom. The molecule has 1 amide bonds. The number of carbonyl (C=O) groups excluding carboxylic acids is 1. The van der Waals surface area contributed by atoms with E-state index in [4.69, 9.17) is 4.98 Å². The Labute approximate surface area is 189 Å². The van der Waals surface area contributed by atoms with Crippen molar-refractivity contribution >= 4 is 5.91 Å². The Bertz CT molecular complexity index is 1000. The molecule has 0 saturated carbocycles. The molecule has 4 heterocycles. The van der Waals surface area contributed by atoms with Crippen molar-refractivity contribution < 1.29 is 4.79 Å². The van der Waals surface area contributed by atoms with Gasteiger partial charge in [-0.2, -0.15) is 0 Å². The summed E-state index contributed by atoms with van der Waals surface area (Å²) in [5, 5.41) is 3.03. The van der Waals surface area contributed by atoms with Crippen LogP contribution in [-0.2, 0) is 12.8 Å². The van der Waals surface area contributed by atoms with Crippen molar-refractivity contribution in [2.24, 2.45) is 0 Å². The summed E-state index contributed by atoms with van der Waals surface area (Å²) in [6.45, 7) is 5.50. The number of pyridine rings is 2. The molecule has 1 aliphatic heterocycles. The first kappa shape index (κ1) is 22.0. The molecular formula is C25H30N6O. The van der Waals surface area contributed by atoms with Crippen molar-refractivity contribution in [3.8, 4) is 0 Å². The molecule has 0 atom stereocenters. The van der Waals surface area contributed by atoms with Crippen LogP contribution >= 0.6 is 0 Å². The van der Waals surface area contributed by atoms with E-state index >= 15 is 0 Å². The molecule has 1 fully saturated rings. The summed E-state index contributed by atoms with van der Waals surface area (Å²) in [4.78, 5) is 32.7. The predicted octanol–water partition coefficient (Wildman–Crippen LogP) is 2.97. The van der Waals surface area contributed by atoms with E-state index in [0.29, 0.717) is 17.9 Å². The summed E-state index contributed by atoms with van der Waals surface area (Å²) < 4.78 is 0. The van der Waals surface area contributed by atoms with Gasteiger partial charge in [0.2, 0.25) is 0 Å². The SMILES string of the molecule is Cc1ncc(C(=O)NCCc2cccnc2)c(C2CCN(CCc3cccnc3)CC2)n1. The summed E-state index contributed by atoms with van der Waals surface area (Å²) in [6, 6.07) is 8.04. The average Bonchev–Trinajstić information content (AvgIpc) is 2.84. The molecule has 0 aliphatic carbocycles. The molecule has 7 heteroatoms. The number of nitrogens with one attached hydrogen (secondary N) is 1. The third-order valence-corrected chi connectivity index (χ3v) is 6.02. The third kappa shape index (κ3) is 5.95. The van der Waals surface area contributed by atoms with E-state index in [0.717, 1.165) is 56.6 Å². The van der Waals surface area contributed by atoms with Crippen molar-refractivity contribution in [2.45, 2.75) is 38.5 Å². The fourth-order valence-corrected chi connectivity index (χ4v) is 4.20. The van der Waals surface area contributed by atoms with Crippen LogP contribution in [-0.4, -0.2) is 56.9 Å². The Kier molecular flexibility index (Phi) is 7.51. The Balaban J connectivity index is 1.33. The lowest BCUT2D eigenvalue weighted by Gasteiger charge is -2.32. The molecule has 1 saturated heterocycles. The van der Waals surface area contributed by atoms with E-state index in [1.165, 1.54) is 5.56 Å². The number of aromatic nitrogens is 4. The fraction of sp³-hybridized carbons (Fsp3) is 0.400. The zero-order valence-electron chi connectivity index (χ0n) is 18.6. The maximum absolute atomic E-state index is 12.9. The molecule has 0 spiro atoms. The van der Waals surface area contributed by atoms with Crippen LogP contribution in [0.2, 0.25) is 0 Å². The van der Waals surface area contributed by atoms with Crippen LogP contribution in [0.25, 0.3) is 0 Å². The zero-order valence-corrected chi connectivity index (χ0v) is 18.6. The second kappa shape index (κ2) is 10.9. The second-order valence-corrected chi connectivity index (χ2v) is 8.31. The highest BCUT2D eigenvalue weighted by molar-refractivity contribution is 5.95. The number of nitrogens with zero attached hydrogens (tertiary/aromatic N) is 5. The van der Waals surface area contributed by atoms with Gasteiger partial charge in [0.1, 0.15) is 5.82 Å². The summed E-state index contributed by atoms with van der Waals surface area (Å²) in [5.74, 6) is 0.902. The van der Waals surface area contributed by atoms with Gasteiger partial charge < -0.3 is 10.2 Å². The Morgan fingerprint density at radius 2 is 1.72 bits per heavy atom. The molecule has 0 aromatic carbocycles. The number of amides is 1. The number of hydrogen-bond donors (Lipinski definition) is 1. The molecule has 3 aromatic heterocycles. The van der Waals surface area contributed by atoms with Crippen LogP contribution in [0.15, 0.2) is 55.2 Å². The van der Waals surface area contributed by atoms with Crippen molar-refractivity contribution in [2.75, 3.05) is 26.2 Å². The maximum atomic E-state index is 12.9. The first-order valence-corrected chi connectivity index (χ1v) is 11.3. The number of carbonyl (C=O) groups is 1. The van der Waals surface area contributed by atoms with Gasteiger partial charge in [0, 0.05) is 50.0 Å². The van der Waals surface area contributed by atoms with Crippen LogP contribution in [0.3, 0.4) is 0 Å². The molecule has 1 aliphatic rings. The van der Waals surface area contributed by atoms with E-state index in [1.54, 1.807) is 12.4 Å². The molecule has 32 heavy (non-hydrogen) atoms. The highest BCUT2D eigenvalue weighted by Crippen LogP contribution is 2.29. The van der Waals surface area contributed by atoms with Gasteiger partial charge in [0.25, 0.3) is 5.91 Å². The number of hydrogen-bond acceptors (Lipinski definition) is 6. The predicted molar refractivity (Wildman–Crippen MR) is 123 cm³/mol. The molecule has 0 radical (unpaired) electrons. The molecule has 4 rings (SSSR count). The lowest BCUT2D eigenvalue weighted by atomic mass is 9.90. The van der Waals surface area contributed by atoms with Gasteiger partial charge in [-0.25, -0.2) is 9.97 Å². The summed E-state index contributed by atoms with van der Waals surface area (Å²) in [6.07, 6.45) is 12.8. The molecule has 1 N–H and O–H groups in total. The first-order valence-electron chi connectivity index (χ1n) is 11.3. The lowest BCUT2D eigenvalue weighted by Crippen LogP contribution is -2.35. The fourth-order valence-electron chi connectivity index (χ4n) is 4.20. The summed E-state index contributed by atoms with van der Waals surface area (Å²) in [5.41, 5.74) is 3.87. The van der Waals surface area contributed by atoms with Crippen molar-refractivity contribution in [3.05, 3.63) is 83.5 Å². The third-order valence-electron chi connectivity index (χ3n) is 6.02. The van der Waals surface area contributed by atoms with E-state index in [-0.39, 0.29) is 11.8 Å². The van der Waals surface area contributed by atoms with Gasteiger partial charge in [-0.3, -0.25) is 14.8 Å². The van der Waals surface area contributed by atoms with Gasteiger partial charge in [-0.1, -0.05) is 12.1 Å². The largest absolute Gasteiger partial charge is 0.352 e. The molecule has 0 bridgehead atoms. The summed E-state index contributed by atoms with van der Waals surface area (Å²) in [7, 11) is 0. The van der Waals surface area contributed by atoms with Gasteiger partial charge in [0.05, 0.1) is 11.3 Å². The smallest absolute Gasteiger partial charge is 0.254 e. The minimum atomic E-state index is -0.0945. The van der Waals surface area contributed by atoms with Gasteiger partial charge in [0.15, 0.2) is 0 Å².